The van der Waals surface area contributed by atoms with Crippen molar-refractivity contribution < 1.29 is 13.2 Å². The number of halogens is 3. The van der Waals surface area contributed by atoms with Gasteiger partial charge in [-0.1, -0.05) is 0 Å². The smallest absolute Gasteiger partial charge is 0.305 e. The molecule has 0 aliphatic carbocycles. The number of likely N-dealkylation sites (tertiary alicyclic amines) is 1. The van der Waals surface area contributed by atoms with Crippen molar-refractivity contribution in [3.63, 3.8) is 0 Å². The molecule has 2 nitrogen and oxygen atoms in total. The third-order valence-corrected chi connectivity index (χ3v) is 1.76. The Labute approximate surface area is 63.4 Å². The second-order valence-corrected chi connectivity index (χ2v) is 2.89. The van der Waals surface area contributed by atoms with Crippen LogP contribution in [0.4, 0.5) is 13.2 Å². The summed E-state index contributed by atoms with van der Waals surface area (Å²) in [5.74, 6) is 0. The molecule has 66 valence electrons. The molecular weight excluding hydrogens is 157 g/mol. The summed E-state index contributed by atoms with van der Waals surface area (Å²) in [6, 6.07) is -0.417. The Morgan fingerprint density at radius 3 is 2.45 bits per heavy atom. The molecule has 1 aliphatic heterocycles. The van der Waals surface area contributed by atoms with E-state index >= 15 is 0 Å². The van der Waals surface area contributed by atoms with Gasteiger partial charge in [-0.15, -0.1) is 0 Å². The van der Waals surface area contributed by atoms with Crippen molar-refractivity contribution in [2.75, 3.05) is 20.1 Å². The van der Waals surface area contributed by atoms with Crippen LogP contribution in [0, 0.1) is 0 Å². The second kappa shape index (κ2) is 2.98. The van der Waals surface area contributed by atoms with E-state index in [4.69, 9.17) is 0 Å². The third kappa shape index (κ3) is 3.07. The quantitative estimate of drug-likeness (QED) is 0.582. The lowest BCUT2D eigenvalue weighted by Crippen LogP contribution is -2.41. The zero-order chi connectivity index (χ0) is 8.48. The minimum Gasteiger partial charge on any atom is -0.305 e. The Morgan fingerprint density at radius 1 is 1.45 bits per heavy atom. The first-order chi connectivity index (χ1) is 4.97. The summed E-state index contributed by atoms with van der Waals surface area (Å²) in [4.78, 5) is 1.88. The lowest BCUT2D eigenvalue weighted by molar-refractivity contribution is -0.163. The molecule has 1 saturated heterocycles. The van der Waals surface area contributed by atoms with E-state index in [-0.39, 0.29) is 0 Å². The van der Waals surface area contributed by atoms with Crippen molar-refractivity contribution in [2.24, 2.45) is 0 Å². The summed E-state index contributed by atoms with van der Waals surface area (Å²) in [5.41, 5.74) is 0. The summed E-state index contributed by atoms with van der Waals surface area (Å²) >= 11 is 0. The molecule has 1 rings (SSSR count). The first-order valence-corrected chi connectivity index (χ1v) is 3.50. The lowest BCUT2D eigenvalue weighted by atomic mass is 10.3. The van der Waals surface area contributed by atoms with Crippen LogP contribution < -0.4 is 5.32 Å². The number of likely N-dealkylation sites (N-methyl/N-ethyl adjacent to an activating group) is 1. The monoisotopic (exact) mass is 168 g/mol. The SMILES string of the molecule is CN1CC[C@H](NC(F)(F)F)C1. The molecule has 5 heteroatoms. The van der Waals surface area contributed by atoms with E-state index in [1.54, 1.807) is 5.32 Å². The third-order valence-electron chi connectivity index (χ3n) is 1.76. The maximum Gasteiger partial charge on any atom is 0.457 e. The topological polar surface area (TPSA) is 15.3 Å². The summed E-state index contributed by atoms with van der Waals surface area (Å²) in [6.45, 7) is 1.23. The summed E-state index contributed by atoms with van der Waals surface area (Å²) in [6.07, 6.45) is -3.65. The van der Waals surface area contributed by atoms with Crippen LogP contribution in [0.2, 0.25) is 0 Å². The average Bonchev–Trinajstić information content (AvgIpc) is 2.10. The maximum absolute atomic E-state index is 11.7. The molecule has 0 saturated carbocycles. The highest BCUT2D eigenvalue weighted by molar-refractivity contribution is 4.79. The normalized spacial score (nSPS) is 27.8. The van der Waals surface area contributed by atoms with Crippen molar-refractivity contribution in [2.45, 2.75) is 18.8 Å². The molecule has 1 atom stereocenters. The molecule has 1 N–H and O–H groups in total. The number of alkyl halides is 3. The van der Waals surface area contributed by atoms with Crippen LogP contribution in [0.1, 0.15) is 6.42 Å². The number of nitrogens with one attached hydrogen (secondary N) is 1. The average molecular weight is 168 g/mol. The molecule has 0 radical (unpaired) electrons. The zero-order valence-corrected chi connectivity index (χ0v) is 6.28. The number of hydrogen-bond donors (Lipinski definition) is 1. The van der Waals surface area contributed by atoms with Crippen LogP contribution >= 0.6 is 0 Å². The molecule has 0 aromatic carbocycles. The molecule has 0 aromatic heterocycles. The van der Waals surface area contributed by atoms with Gasteiger partial charge in [-0.2, -0.15) is 13.2 Å². The molecule has 0 unspecified atom stereocenters. The van der Waals surface area contributed by atoms with Crippen LogP contribution in [0.15, 0.2) is 0 Å². The van der Waals surface area contributed by atoms with Gasteiger partial charge in [-0.05, 0) is 20.0 Å². The number of rotatable bonds is 1. The fourth-order valence-electron chi connectivity index (χ4n) is 1.28. The first-order valence-electron chi connectivity index (χ1n) is 3.50. The first kappa shape index (κ1) is 8.80. The molecule has 1 aliphatic rings. The van der Waals surface area contributed by atoms with E-state index in [0.717, 1.165) is 6.54 Å². The zero-order valence-electron chi connectivity index (χ0n) is 6.28. The largest absolute Gasteiger partial charge is 0.457 e. The van der Waals surface area contributed by atoms with Crippen LogP contribution in [0.5, 0.6) is 0 Å². The Balaban J connectivity index is 2.29. The van der Waals surface area contributed by atoms with E-state index in [0.29, 0.717) is 13.0 Å². The van der Waals surface area contributed by atoms with Crippen LogP contribution in [0.3, 0.4) is 0 Å². The van der Waals surface area contributed by atoms with Gasteiger partial charge in [0.25, 0.3) is 0 Å². The van der Waals surface area contributed by atoms with E-state index in [1.165, 1.54) is 0 Å². The molecule has 0 aromatic rings. The Morgan fingerprint density at radius 2 is 2.09 bits per heavy atom. The van der Waals surface area contributed by atoms with Crippen molar-refractivity contribution in [3.05, 3.63) is 0 Å². The molecule has 1 heterocycles. The molecule has 0 amide bonds. The van der Waals surface area contributed by atoms with Gasteiger partial charge in [0.05, 0.1) is 0 Å². The molecule has 11 heavy (non-hydrogen) atoms. The number of nitrogens with zero attached hydrogens (tertiary/aromatic N) is 1. The highest BCUT2D eigenvalue weighted by Crippen LogP contribution is 2.15. The summed E-state index contributed by atoms with van der Waals surface area (Å²) < 4.78 is 35.1. The molecular formula is C6H11F3N2. The van der Waals surface area contributed by atoms with E-state index in [2.05, 4.69) is 0 Å². The minimum absolute atomic E-state index is 0.417. The van der Waals surface area contributed by atoms with Gasteiger partial charge < -0.3 is 4.90 Å². The predicted octanol–water partition coefficient (Wildman–Crippen LogP) is 0.800. The number of hydrogen-bond acceptors (Lipinski definition) is 2. The van der Waals surface area contributed by atoms with Crippen molar-refractivity contribution in [1.29, 1.82) is 0 Å². The minimum atomic E-state index is -4.23. The molecule has 0 bridgehead atoms. The Bertz CT molecular complexity index is 134. The van der Waals surface area contributed by atoms with E-state index in [9.17, 15) is 13.2 Å². The standard InChI is InChI=1S/C6H11F3N2/c1-11-3-2-5(4-11)10-6(7,8)9/h5,10H,2-4H2,1H3/t5-/m0/s1. The lowest BCUT2D eigenvalue weighted by Gasteiger charge is -2.14. The van der Waals surface area contributed by atoms with E-state index < -0.39 is 12.3 Å². The van der Waals surface area contributed by atoms with Crippen molar-refractivity contribution in [1.82, 2.24) is 10.2 Å². The highest BCUT2D eigenvalue weighted by Gasteiger charge is 2.33. The van der Waals surface area contributed by atoms with Gasteiger partial charge >= 0.3 is 6.30 Å². The van der Waals surface area contributed by atoms with Gasteiger partial charge in [0, 0.05) is 12.6 Å². The maximum atomic E-state index is 11.7. The van der Waals surface area contributed by atoms with Gasteiger partial charge in [0.15, 0.2) is 0 Å². The van der Waals surface area contributed by atoms with Gasteiger partial charge in [-0.25, -0.2) is 5.32 Å². The highest BCUT2D eigenvalue weighted by atomic mass is 19.4. The second-order valence-electron chi connectivity index (χ2n) is 2.89. The fraction of sp³-hybridized carbons (Fsp3) is 1.00. The summed E-state index contributed by atoms with van der Waals surface area (Å²) in [5, 5.41) is 1.61. The Hall–Kier alpha value is -0.290. The van der Waals surface area contributed by atoms with Crippen molar-refractivity contribution >= 4 is 0 Å². The van der Waals surface area contributed by atoms with Crippen LogP contribution in [-0.2, 0) is 0 Å². The van der Waals surface area contributed by atoms with E-state index in [1.807, 2.05) is 11.9 Å². The van der Waals surface area contributed by atoms with Crippen LogP contribution in [0.25, 0.3) is 0 Å². The summed E-state index contributed by atoms with van der Waals surface area (Å²) in [7, 11) is 1.82. The predicted molar refractivity (Wildman–Crippen MR) is 35.1 cm³/mol. The Kier molecular flexibility index (Phi) is 2.39. The van der Waals surface area contributed by atoms with Crippen molar-refractivity contribution in [3.8, 4) is 0 Å². The van der Waals surface area contributed by atoms with Gasteiger partial charge in [-0.3, -0.25) is 0 Å². The van der Waals surface area contributed by atoms with Gasteiger partial charge in [0.2, 0.25) is 0 Å². The molecule has 1 fully saturated rings. The van der Waals surface area contributed by atoms with Gasteiger partial charge in [0.1, 0.15) is 0 Å². The molecule has 0 spiro atoms. The fourth-order valence-corrected chi connectivity index (χ4v) is 1.28. The van der Waals surface area contributed by atoms with Crippen LogP contribution in [-0.4, -0.2) is 37.4 Å².